The summed E-state index contributed by atoms with van der Waals surface area (Å²) in [6, 6.07) is 14.5. The van der Waals surface area contributed by atoms with Crippen molar-refractivity contribution in [3.63, 3.8) is 0 Å². The number of pyridine rings is 1. The molecule has 0 aliphatic heterocycles. The molecule has 3 heteroatoms. The first-order valence-corrected chi connectivity index (χ1v) is 6.87. The minimum atomic E-state index is 0.112. The fourth-order valence-corrected chi connectivity index (χ4v) is 2.15. The Bertz CT molecular complexity index is 520. The first-order valence-electron chi connectivity index (χ1n) is 6.87. The number of benzene rings is 1. The largest absolute Gasteiger partial charge is 0.481 e. The lowest BCUT2D eigenvalue weighted by molar-refractivity contribution is 0.397. The van der Waals surface area contributed by atoms with Crippen LogP contribution in [0.5, 0.6) is 5.88 Å². The van der Waals surface area contributed by atoms with Gasteiger partial charge in [-0.1, -0.05) is 50.2 Å². The molecule has 20 heavy (non-hydrogen) atoms. The zero-order chi connectivity index (χ0) is 14.4. The normalized spacial score (nSPS) is 11.3. The Morgan fingerprint density at radius 1 is 1.10 bits per heavy atom. The topological polar surface area (TPSA) is 34.1 Å². The van der Waals surface area contributed by atoms with Crippen LogP contribution >= 0.6 is 0 Å². The average molecular weight is 270 g/mol. The second-order valence-corrected chi connectivity index (χ2v) is 5.56. The molecular weight excluding hydrogens is 248 g/mol. The maximum atomic E-state index is 5.05. The van der Waals surface area contributed by atoms with Gasteiger partial charge in [0.2, 0.25) is 5.88 Å². The van der Waals surface area contributed by atoms with Crippen LogP contribution in [0, 0.1) is 0 Å². The molecule has 0 aliphatic carbocycles. The van der Waals surface area contributed by atoms with E-state index in [4.69, 9.17) is 4.74 Å². The number of methoxy groups -OCH3 is 1. The molecule has 1 N–H and O–H groups in total. The van der Waals surface area contributed by atoms with E-state index in [-0.39, 0.29) is 5.41 Å². The number of aromatic nitrogens is 1. The minimum Gasteiger partial charge on any atom is -0.481 e. The number of ether oxygens (including phenoxy) is 1. The molecule has 0 radical (unpaired) electrons. The van der Waals surface area contributed by atoms with Crippen molar-refractivity contribution in [2.75, 3.05) is 13.7 Å². The van der Waals surface area contributed by atoms with Gasteiger partial charge in [-0.2, -0.15) is 0 Å². The Labute approximate surface area is 121 Å². The molecular formula is C17H22N2O. The monoisotopic (exact) mass is 270 g/mol. The lowest BCUT2D eigenvalue weighted by Gasteiger charge is -2.25. The molecule has 0 fully saturated rings. The Morgan fingerprint density at radius 2 is 1.85 bits per heavy atom. The van der Waals surface area contributed by atoms with E-state index < -0.39 is 0 Å². The third-order valence-corrected chi connectivity index (χ3v) is 3.46. The fourth-order valence-electron chi connectivity index (χ4n) is 2.15. The molecule has 0 amide bonds. The molecule has 2 rings (SSSR count). The van der Waals surface area contributed by atoms with Crippen LogP contribution in [0.15, 0.2) is 48.7 Å². The summed E-state index contributed by atoms with van der Waals surface area (Å²) >= 11 is 0. The Balaban J connectivity index is 1.88. The van der Waals surface area contributed by atoms with Gasteiger partial charge >= 0.3 is 0 Å². The van der Waals surface area contributed by atoms with Gasteiger partial charge in [-0.05, 0) is 11.1 Å². The molecule has 3 nitrogen and oxygen atoms in total. The number of nitrogens with zero attached hydrogens (tertiary/aromatic N) is 1. The predicted octanol–water partition coefficient (Wildman–Crippen LogP) is 3.16. The van der Waals surface area contributed by atoms with E-state index in [2.05, 4.69) is 54.5 Å². The van der Waals surface area contributed by atoms with Crippen molar-refractivity contribution in [1.29, 1.82) is 0 Å². The molecule has 0 bridgehead atoms. The predicted molar refractivity (Wildman–Crippen MR) is 82.0 cm³/mol. The smallest absolute Gasteiger partial charge is 0.212 e. The molecule has 1 aromatic heterocycles. The first kappa shape index (κ1) is 14.5. The van der Waals surface area contributed by atoms with Crippen LogP contribution in [-0.4, -0.2) is 18.6 Å². The summed E-state index contributed by atoms with van der Waals surface area (Å²) in [5.41, 5.74) is 2.62. The molecule has 1 aromatic carbocycles. The highest BCUT2D eigenvalue weighted by atomic mass is 16.5. The van der Waals surface area contributed by atoms with Gasteiger partial charge in [0.05, 0.1) is 7.11 Å². The van der Waals surface area contributed by atoms with Crippen molar-refractivity contribution in [2.45, 2.75) is 25.8 Å². The van der Waals surface area contributed by atoms with E-state index in [1.807, 2.05) is 18.3 Å². The van der Waals surface area contributed by atoms with Gasteiger partial charge in [0.25, 0.3) is 0 Å². The van der Waals surface area contributed by atoms with Crippen molar-refractivity contribution < 1.29 is 4.74 Å². The van der Waals surface area contributed by atoms with Crippen molar-refractivity contribution in [3.8, 4) is 5.88 Å². The van der Waals surface area contributed by atoms with Gasteiger partial charge in [-0.3, -0.25) is 0 Å². The first-order chi connectivity index (χ1) is 9.62. The minimum absolute atomic E-state index is 0.112. The summed E-state index contributed by atoms with van der Waals surface area (Å²) in [6.45, 7) is 6.24. The van der Waals surface area contributed by atoms with Crippen LogP contribution < -0.4 is 10.1 Å². The van der Waals surface area contributed by atoms with Gasteiger partial charge in [0.15, 0.2) is 0 Å². The van der Waals surface area contributed by atoms with Crippen LogP contribution in [0.1, 0.15) is 25.0 Å². The Morgan fingerprint density at radius 3 is 2.45 bits per heavy atom. The molecule has 0 spiro atoms. The second-order valence-electron chi connectivity index (χ2n) is 5.56. The average Bonchev–Trinajstić information content (AvgIpc) is 2.49. The standard InChI is InChI=1S/C17H22N2O/c1-17(2,15-7-5-4-6-8-15)13-18-11-14-9-10-16(20-3)19-12-14/h4-10,12,18H,11,13H2,1-3H3. The van der Waals surface area contributed by atoms with Crippen molar-refractivity contribution in [1.82, 2.24) is 10.3 Å². The highest BCUT2D eigenvalue weighted by Gasteiger charge is 2.19. The van der Waals surface area contributed by atoms with E-state index in [0.717, 1.165) is 18.7 Å². The molecule has 0 saturated carbocycles. The van der Waals surface area contributed by atoms with Crippen molar-refractivity contribution >= 4 is 0 Å². The maximum absolute atomic E-state index is 5.05. The molecule has 2 aromatic rings. The molecule has 0 aliphatic rings. The van der Waals surface area contributed by atoms with Gasteiger partial charge in [0, 0.05) is 30.8 Å². The lowest BCUT2D eigenvalue weighted by Crippen LogP contribution is -2.32. The highest BCUT2D eigenvalue weighted by Crippen LogP contribution is 2.21. The number of nitrogens with one attached hydrogen (secondary N) is 1. The lowest BCUT2D eigenvalue weighted by atomic mass is 9.84. The molecule has 0 atom stereocenters. The van der Waals surface area contributed by atoms with E-state index in [0.29, 0.717) is 5.88 Å². The summed E-state index contributed by atoms with van der Waals surface area (Å²) in [4.78, 5) is 4.21. The van der Waals surface area contributed by atoms with Crippen LogP contribution in [0.25, 0.3) is 0 Å². The van der Waals surface area contributed by atoms with Gasteiger partial charge in [0.1, 0.15) is 0 Å². The van der Waals surface area contributed by atoms with Gasteiger partial charge in [-0.25, -0.2) is 4.98 Å². The SMILES string of the molecule is COc1ccc(CNCC(C)(C)c2ccccc2)cn1. The van der Waals surface area contributed by atoms with E-state index >= 15 is 0 Å². The summed E-state index contributed by atoms with van der Waals surface area (Å²) in [5, 5.41) is 3.50. The summed E-state index contributed by atoms with van der Waals surface area (Å²) in [5.74, 6) is 0.651. The summed E-state index contributed by atoms with van der Waals surface area (Å²) in [7, 11) is 1.63. The maximum Gasteiger partial charge on any atom is 0.212 e. The highest BCUT2D eigenvalue weighted by molar-refractivity contribution is 5.24. The van der Waals surface area contributed by atoms with Gasteiger partial charge < -0.3 is 10.1 Å². The number of rotatable bonds is 6. The second kappa shape index (κ2) is 6.53. The third-order valence-electron chi connectivity index (χ3n) is 3.46. The van der Waals surface area contributed by atoms with Crippen molar-refractivity contribution in [2.24, 2.45) is 0 Å². The van der Waals surface area contributed by atoms with Crippen LogP contribution in [0.4, 0.5) is 0 Å². The molecule has 106 valence electrons. The molecule has 1 heterocycles. The molecule has 0 unspecified atom stereocenters. The zero-order valence-electron chi connectivity index (χ0n) is 12.4. The number of hydrogen-bond donors (Lipinski definition) is 1. The van der Waals surface area contributed by atoms with E-state index in [9.17, 15) is 0 Å². The zero-order valence-corrected chi connectivity index (χ0v) is 12.4. The van der Waals surface area contributed by atoms with E-state index in [1.165, 1.54) is 5.56 Å². The third kappa shape index (κ3) is 3.81. The molecule has 0 saturated heterocycles. The quantitative estimate of drug-likeness (QED) is 0.875. The van der Waals surface area contributed by atoms with Crippen LogP contribution in [-0.2, 0) is 12.0 Å². The summed E-state index contributed by atoms with van der Waals surface area (Å²) < 4.78 is 5.05. The van der Waals surface area contributed by atoms with Gasteiger partial charge in [-0.15, -0.1) is 0 Å². The van der Waals surface area contributed by atoms with E-state index in [1.54, 1.807) is 7.11 Å². The number of hydrogen-bond acceptors (Lipinski definition) is 3. The van der Waals surface area contributed by atoms with Crippen LogP contribution in [0.3, 0.4) is 0 Å². The Hall–Kier alpha value is -1.87. The van der Waals surface area contributed by atoms with Crippen molar-refractivity contribution in [3.05, 3.63) is 59.8 Å². The Kier molecular flexibility index (Phi) is 4.74. The fraction of sp³-hybridized carbons (Fsp3) is 0.353. The summed E-state index contributed by atoms with van der Waals surface area (Å²) in [6.07, 6.45) is 1.85. The van der Waals surface area contributed by atoms with Crippen LogP contribution in [0.2, 0.25) is 0 Å².